The summed E-state index contributed by atoms with van der Waals surface area (Å²) in [5.41, 5.74) is 2.33. The van der Waals surface area contributed by atoms with Gasteiger partial charge in [0.25, 0.3) is 0 Å². The lowest BCUT2D eigenvalue weighted by atomic mass is 10.0. The molecule has 0 fully saturated rings. The summed E-state index contributed by atoms with van der Waals surface area (Å²) in [6.07, 6.45) is 0. The molecule has 0 spiro atoms. The van der Waals surface area contributed by atoms with Crippen LogP contribution in [0.4, 0.5) is 0 Å². The fourth-order valence-electron chi connectivity index (χ4n) is 1.70. The van der Waals surface area contributed by atoms with Gasteiger partial charge in [0.2, 0.25) is 5.91 Å². The average Bonchev–Trinajstić information content (AvgIpc) is 2.36. The SMILES string of the molecule is Cc1ccccc1C(C)NC(=O)CSC(C)CO. The van der Waals surface area contributed by atoms with Crippen molar-refractivity contribution in [3.8, 4) is 0 Å². The van der Waals surface area contributed by atoms with E-state index in [0.29, 0.717) is 5.75 Å². The molecule has 18 heavy (non-hydrogen) atoms. The van der Waals surface area contributed by atoms with Crippen LogP contribution in [0.1, 0.15) is 31.0 Å². The number of aliphatic hydroxyl groups is 1. The van der Waals surface area contributed by atoms with Crippen LogP contribution in [0.5, 0.6) is 0 Å². The van der Waals surface area contributed by atoms with Crippen molar-refractivity contribution in [2.75, 3.05) is 12.4 Å². The van der Waals surface area contributed by atoms with Crippen LogP contribution in [0, 0.1) is 6.92 Å². The van der Waals surface area contributed by atoms with E-state index in [4.69, 9.17) is 5.11 Å². The molecule has 2 atom stereocenters. The van der Waals surface area contributed by atoms with Gasteiger partial charge >= 0.3 is 0 Å². The molecule has 2 N–H and O–H groups in total. The fourth-order valence-corrected chi connectivity index (χ4v) is 2.33. The number of benzene rings is 1. The first-order valence-corrected chi connectivity index (χ1v) is 7.16. The van der Waals surface area contributed by atoms with Crippen LogP contribution in [-0.2, 0) is 4.79 Å². The zero-order chi connectivity index (χ0) is 13.5. The van der Waals surface area contributed by atoms with Crippen molar-refractivity contribution in [1.29, 1.82) is 0 Å². The number of hydrogen-bond acceptors (Lipinski definition) is 3. The van der Waals surface area contributed by atoms with Gasteiger partial charge in [-0.1, -0.05) is 31.2 Å². The number of rotatable bonds is 6. The molecule has 100 valence electrons. The summed E-state index contributed by atoms with van der Waals surface area (Å²) in [4.78, 5) is 11.7. The van der Waals surface area contributed by atoms with E-state index in [2.05, 4.69) is 5.32 Å². The smallest absolute Gasteiger partial charge is 0.230 e. The highest BCUT2D eigenvalue weighted by Crippen LogP contribution is 2.17. The minimum absolute atomic E-state index is 0.0102. The molecule has 0 saturated heterocycles. The Hall–Kier alpha value is -1.000. The predicted octanol–water partition coefficient (Wildman–Crippen LogP) is 2.29. The molecule has 0 aromatic heterocycles. The predicted molar refractivity (Wildman–Crippen MR) is 76.7 cm³/mol. The lowest BCUT2D eigenvalue weighted by Gasteiger charge is -2.17. The summed E-state index contributed by atoms with van der Waals surface area (Å²) in [5.74, 6) is 0.397. The average molecular weight is 267 g/mol. The minimum Gasteiger partial charge on any atom is -0.395 e. The molecular formula is C14H21NO2S. The second-order valence-corrected chi connectivity index (χ2v) is 5.88. The molecule has 1 aromatic rings. The number of aliphatic hydroxyl groups excluding tert-OH is 1. The topological polar surface area (TPSA) is 49.3 Å². The second-order valence-electron chi connectivity index (χ2n) is 4.45. The number of amides is 1. The summed E-state index contributed by atoms with van der Waals surface area (Å²) in [6, 6.07) is 8.06. The Morgan fingerprint density at radius 3 is 2.67 bits per heavy atom. The van der Waals surface area contributed by atoms with Crippen molar-refractivity contribution in [2.45, 2.75) is 32.1 Å². The molecule has 0 heterocycles. The van der Waals surface area contributed by atoms with Crippen molar-refractivity contribution in [2.24, 2.45) is 0 Å². The lowest BCUT2D eigenvalue weighted by Crippen LogP contribution is -2.29. The summed E-state index contributed by atoms with van der Waals surface area (Å²) in [5, 5.41) is 12.0. The first-order chi connectivity index (χ1) is 8.54. The third-order valence-corrected chi connectivity index (χ3v) is 3.94. The molecule has 1 aromatic carbocycles. The van der Waals surface area contributed by atoms with Crippen LogP contribution < -0.4 is 5.32 Å². The third-order valence-electron chi connectivity index (χ3n) is 2.79. The highest BCUT2D eigenvalue weighted by atomic mass is 32.2. The molecule has 4 heteroatoms. The molecule has 0 aliphatic rings. The minimum atomic E-state index is 0.0102. The van der Waals surface area contributed by atoms with Crippen LogP contribution >= 0.6 is 11.8 Å². The van der Waals surface area contributed by atoms with E-state index in [-0.39, 0.29) is 23.8 Å². The van der Waals surface area contributed by atoms with Crippen LogP contribution in [0.3, 0.4) is 0 Å². The lowest BCUT2D eigenvalue weighted by molar-refractivity contribution is -0.119. The first kappa shape index (κ1) is 15.1. The van der Waals surface area contributed by atoms with E-state index in [0.717, 1.165) is 5.56 Å². The van der Waals surface area contributed by atoms with Gasteiger partial charge in [-0.3, -0.25) is 4.79 Å². The molecule has 0 saturated carbocycles. The van der Waals surface area contributed by atoms with Crippen LogP contribution in [0.2, 0.25) is 0 Å². The molecule has 3 nitrogen and oxygen atoms in total. The number of carbonyl (C=O) groups is 1. The molecule has 1 rings (SSSR count). The number of hydrogen-bond donors (Lipinski definition) is 2. The van der Waals surface area contributed by atoms with Gasteiger partial charge in [0, 0.05) is 5.25 Å². The van der Waals surface area contributed by atoms with Crippen LogP contribution in [-0.4, -0.2) is 28.6 Å². The van der Waals surface area contributed by atoms with Gasteiger partial charge < -0.3 is 10.4 Å². The van der Waals surface area contributed by atoms with Crippen LogP contribution in [0.25, 0.3) is 0 Å². The Morgan fingerprint density at radius 2 is 2.06 bits per heavy atom. The molecule has 1 amide bonds. The third kappa shape index (κ3) is 4.70. The number of aryl methyl sites for hydroxylation is 1. The number of nitrogens with one attached hydrogen (secondary N) is 1. The van der Waals surface area contributed by atoms with Crippen molar-refractivity contribution < 1.29 is 9.90 Å². The zero-order valence-electron chi connectivity index (χ0n) is 11.1. The van der Waals surface area contributed by atoms with Crippen molar-refractivity contribution in [3.05, 3.63) is 35.4 Å². The second kappa shape index (κ2) is 7.44. The largest absolute Gasteiger partial charge is 0.395 e. The van der Waals surface area contributed by atoms with Gasteiger partial charge in [0.15, 0.2) is 0 Å². The zero-order valence-corrected chi connectivity index (χ0v) is 12.0. The van der Waals surface area contributed by atoms with Gasteiger partial charge in [0.1, 0.15) is 0 Å². The quantitative estimate of drug-likeness (QED) is 0.831. The van der Waals surface area contributed by atoms with Gasteiger partial charge in [0.05, 0.1) is 18.4 Å². The Kier molecular flexibility index (Phi) is 6.22. The van der Waals surface area contributed by atoms with Crippen LogP contribution in [0.15, 0.2) is 24.3 Å². The number of thioether (sulfide) groups is 1. The van der Waals surface area contributed by atoms with E-state index in [1.807, 2.05) is 45.0 Å². The van der Waals surface area contributed by atoms with Gasteiger partial charge in [-0.15, -0.1) is 11.8 Å². The summed E-state index contributed by atoms with van der Waals surface area (Å²) in [6.45, 7) is 6.04. The van der Waals surface area contributed by atoms with E-state index in [1.165, 1.54) is 17.3 Å². The molecule has 0 bridgehead atoms. The highest BCUT2D eigenvalue weighted by Gasteiger charge is 2.12. The molecule has 0 radical (unpaired) electrons. The first-order valence-electron chi connectivity index (χ1n) is 6.12. The Bertz CT molecular complexity index is 395. The Balaban J connectivity index is 2.47. The van der Waals surface area contributed by atoms with Gasteiger partial charge in [-0.25, -0.2) is 0 Å². The van der Waals surface area contributed by atoms with E-state index in [1.54, 1.807) is 0 Å². The number of carbonyl (C=O) groups excluding carboxylic acids is 1. The van der Waals surface area contributed by atoms with Gasteiger partial charge in [-0.2, -0.15) is 0 Å². The highest BCUT2D eigenvalue weighted by molar-refractivity contribution is 8.00. The fraction of sp³-hybridized carbons (Fsp3) is 0.500. The summed E-state index contributed by atoms with van der Waals surface area (Å²) in [7, 11) is 0. The standard InChI is InChI=1S/C14H21NO2S/c1-10-6-4-5-7-13(10)12(3)15-14(17)9-18-11(2)8-16/h4-7,11-12,16H,8-9H2,1-3H3,(H,15,17). The Labute approximate surface area is 113 Å². The summed E-state index contributed by atoms with van der Waals surface area (Å²) >= 11 is 1.46. The maximum atomic E-state index is 11.7. The maximum absolute atomic E-state index is 11.7. The molecular weight excluding hydrogens is 246 g/mol. The Morgan fingerprint density at radius 1 is 1.39 bits per heavy atom. The van der Waals surface area contributed by atoms with Gasteiger partial charge in [-0.05, 0) is 25.0 Å². The molecule has 2 unspecified atom stereocenters. The van der Waals surface area contributed by atoms with E-state index in [9.17, 15) is 4.79 Å². The molecule has 0 aliphatic heterocycles. The maximum Gasteiger partial charge on any atom is 0.230 e. The molecule has 0 aliphatic carbocycles. The monoisotopic (exact) mass is 267 g/mol. The van der Waals surface area contributed by atoms with Crippen molar-refractivity contribution >= 4 is 17.7 Å². The van der Waals surface area contributed by atoms with Crippen molar-refractivity contribution in [3.63, 3.8) is 0 Å². The van der Waals surface area contributed by atoms with Crippen molar-refractivity contribution in [1.82, 2.24) is 5.32 Å². The van der Waals surface area contributed by atoms with E-state index < -0.39 is 0 Å². The normalized spacial score (nSPS) is 14.0. The van der Waals surface area contributed by atoms with E-state index >= 15 is 0 Å². The summed E-state index contributed by atoms with van der Waals surface area (Å²) < 4.78 is 0.